The molecule has 0 bridgehead atoms. The normalized spacial score (nSPS) is 12.3. The van der Waals surface area contributed by atoms with Crippen LogP contribution in [0.25, 0.3) is 0 Å². The number of para-hydroxylation sites is 1. The third-order valence-corrected chi connectivity index (χ3v) is 7.01. The van der Waals surface area contributed by atoms with Crippen LogP contribution in [0.4, 0.5) is 5.69 Å². The lowest BCUT2D eigenvalue weighted by Crippen LogP contribution is -2.52. The molecule has 0 aliphatic rings. The van der Waals surface area contributed by atoms with Gasteiger partial charge >= 0.3 is 0 Å². The average molecular weight is 529 g/mol. The van der Waals surface area contributed by atoms with Gasteiger partial charge in [0.2, 0.25) is 21.8 Å². The van der Waals surface area contributed by atoms with Crippen LogP contribution < -0.4 is 9.62 Å². The summed E-state index contributed by atoms with van der Waals surface area (Å²) in [6, 6.07) is 12.6. The van der Waals surface area contributed by atoms with E-state index < -0.39 is 28.5 Å². The van der Waals surface area contributed by atoms with Gasteiger partial charge in [0, 0.05) is 13.1 Å². The molecule has 186 valence electrons. The van der Waals surface area contributed by atoms with E-state index in [4.69, 9.17) is 23.2 Å². The molecule has 0 aliphatic carbocycles. The van der Waals surface area contributed by atoms with Gasteiger partial charge in [-0.05, 0) is 42.2 Å². The van der Waals surface area contributed by atoms with Gasteiger partial charge < -0.3 is 10.2 Å². The van der Waals surface area contributed by atoms with Crippen LogP contribution in [-0.4, -0.2) is 50.5 Å². The van der Waals surface area contributed by atoms with Crippen LogP contribution >= 0.6 is 23.2 Å². The molecule has 1 atom stereocenters. The number of benzene rings is 2. The van der Waals surface area contributed by atoms with Gasteiger partial charge in [-0.2, -0.15) is 0 Å². The highest BCUT2D eigenvalue weighted by Gasteiger charge is 2.31. The van der Waals surface area contributed by atoms with Crippen LogP contribution in [0, 0.1) is 5.92 Å². The van der Waals surface area contributed by atoms with Crippen molar-refractivity contribution in [3.05, 3.63) is 64.1 Å². The largest absolute Gasteiger partial charge is 0.354 e. The molecule has 0 radical (unpaired) electrons. The third-order valence-electron chi connectivity index (χ3n) is 5.13. The lowest BCUT2D eigenvalue weighted by Gasteiger charge is -2.33. The van der Waals surface area contributed by atoms with E-state index in [0.29, 0.717) is 34.3 Å². The zero-order chi connectivity index (χ0) is 25.5. The van der Waals surface area contributed by atoms with E-state index in [1.807, 2.05) is 13.8 Å². The molecule has 2 aromatic carbocycles. The van der Waals surface area contributed by atoms with Gasteiger partial charge in [0.05, 0.1) is 22.0 Å². The predicted octanol–water partition coefficient (Wildman–Crippen LogP) is 4.34. The highest BCUT2D eigenvalue weighted by atomic mass is 35.5. The minimum atomic E-state index is -3.76. The molecule has 0 spiro atoms. The van der Waals surface area contributed by atoms with E-state index in [2.05, 4.69) is 5.32 Å². The van der Waals surface area contributed by atoms with E-state index in [-0.39, 0.29) is 18.4 Å². The SMILES string of the molecule is CCC(C(=O)NCC(C)C)N(Cc1ccc(Cl)c(Cl)c1)C(=O)CN(c1ccccc1)S(C)(=O)=O. The van der Waals surface area contributed by atoms with Gasteiger partial charge in [-0.25, -0.2) is 8.42 Å². The molecule has 0 heterocycles. The number of nitrogens with one attached hydrogen (secondary N) is 1. The van der Waals surface area contributed by atoms with Crippen LogP contribution in [-0.2, 0) is 26.2 Å². The van der Waals surface area contributed by atoms with Gasteiger partial charge in [0.25, 0.3) is 0 Å². The average Bonchev–Trinajstić information content (AvgIpc) is 2.77. The fourth-order valence-corrected chi connectivity index (χ4v) is 4.55. The second kappa shape index (κ2) is 12.4. The lowest BCUT2D eigenvalue weighted by atomic mass is 10.1. The molecule has 0 saturated carbocycles. The van der Waals surface area contributed by atoms with Gasteiger partial charge in [0.15, 0.2) is 0 Å². The standard InChI is InChI=1S/C24H31Cl2N3O4S/c1-5-22(24(31)27-14-17(2)3)28(15-18-11-12-20(25)21(26)13-18)23(30)16-29(34(4,32)33)19-9-7-6-8-10-19/h6-13,17,22H,5,14-16H2,1-4H3,(H,27,31). The van der Waals surface area contributed by atoms with Crippen LogP contribution in [0.2, 0.25) is 10.0 Å². The number of carbonyl (C=O) groups is 2. The van der Waals surface area contributed by atoms with E-state index in [1.165, 1.54) is 4.90 Å². The highest BCUT2D eigenvalue weighted by Crippen LogP contribution is 2.25. The Balaban J connectivity index is 2.42. The maximum atomic E-state index is 13.6. The van der Waals surface area contributed by atoms with Crippen molar-refractivity contribution in [2.45, 2.75) is 39.8 Å². The van der Waals surface area contributed by atoms with Crippen molar-refractivity contribution in [2.75, 3.05) is 23.7 Å². The van der Waals surface area contributed by atoms with Crippen molar-refractivity contribution in [1.82, 2.24) is 10.2 Å². The molecule has 7 nitrogen and oxygen atoms in total. The summed E-state index contributed by atoms with van der Waals surface area (Å²) < 4.78 is 26.1. The first-order valence-electron chi connectivity index (χ1n) is 11.0. The molecule has 0 saturated heterocycles. The predicted molar refractivity (Wildman–Crippen MR) is 138 cm³/mol. The number of anilines is 1. The minimum Gasteiger partial charge on any atom is -0.354 e. The van der Waals surface area contributed by atoms with Crippen LogP contribution in [0.1, 0.15) is 32.8 Å². The first-order chi connectivity index (χ1) is 15.9. The Bertz CT molecular complexity index is 1090. The van der Waals surface area contributed by atoms with Crippen molar-refractivity contribution < 1.29 is 18.0 Å². The second-order valence-corrected chi connectivity index (χ2v) is 11.2. The minimum absolute atomic E-state index is 0.0652. The monoisotopic (exact) mass is 527 g/mol. The number of nitrogens with zero attached hydrogens (tertiary/aromatic N) is 2. The smallest absolute Gasteiger partial charge is 0.244 e. The van der Waals surface area contributed by atoms with Crippen LogP contribution in [0.15, 0.2) is 48.5 Å². The van der Waals surface area contributed by atoms with Crippen molar-refractivity contribution in [3.8, 4) is 0 Å². The topological polar surface area (TPSA) is 86.8 Å². The first-order valence-corrected chi connectivity index (χ1v) is 13.6. The number of halogens is 2. The Morgan fingerprint density at radius 3 is 2.21 bits per heavy atom. The molecular formula is C24H31Cl2N3O4S. The number of carbonyl (C=O) groups excluding carboxylic acids is 2. The molecule has 2 rings (SSSR count). The van der Waals surface area contributed by atoms with Crippen molar-refractivity contribution >= 4 is 50.7 Å². The summed E-state index contributed by atoms with van der Waals surface area (Å²) in [4.78, 5) is 28.0. The Hall–Kier alpha value is -2.29. The molecule has 2 amide bonds. The van der Waals surface area contributed by atoms with E-state index in [0.717, 1.165) is 10.6 Å². The number of hydrogen-bond acceptors (Lipinski definition) is 4. The third kappa shape index (κ3) is 7.89. The maximum absolute atomic E-state index is 13.6. The molecule has 0 aliphatic heterocycles. The van der Waals surface area contributed by atoms with E-state index in [1.54, 1.807) is 55.5 Å². The van der Waals surface area contributed by atoms with Gasteiger partial charge in [-0.1, -0.05) is 68.2 Å². The Labute approximate surface area is 212 Å². The molecule has 1 N–H and O–H groups in total. The summed E-state index contributed by atoms with van der Waals surface area (Å²) >= 11 is 12.2. The van der Waals surface area contributed by atoms with E-state index >= 15 is 0 Å². The number of amides is 2. The van der Waals surface area contributed by atoms with E-state index in [9.17, 15) is 18.0 Å². The Kier molecular flexibility index (Phi) is 10.2. The summed E-state index contributed by atoms with van der Waals surface area (Å²) in [5, 5.41) is 3.58. The molecule has 10 heteroatoms. The fraction of sp³-hybridized carbons (Fsp3) is 0.417. The molecule has 34 heavy (non-hydrogen) atoms. The quantitative estimate of drug-likeness (QED) is 0.470. The Morgan fingerprint density at radius 1 is 1.03 bits per heavy atom. The van der Waals surface area contributed by atoms with Gasteiger partial charge in [-0.15, -0.1) is 0 Å². The zero-order valence-electron chi connectivity index (χ0n) is 19.8. The summed E-state index contributed by atoms with van der Waals surface area (Å²) in [7, 11) is -3.76. The van der Waals surface area contributed by atoms with Crippen molar-refractivity contribution in [2.24, 2.45) is 5.92 Å². The highest BCUT2D eigenvalue weighted by molar-refractivity contribution is 7.92. The summed E-state index contributed by atoms with van der Waals surface area (Å²) in [6.07, 6.45) is 1.39. The summed E-state index contributed by atoms with van der Waals surface area (Å²) in [5.41, 5.74) is 1.04. The molecule has 0 aromatic heterocycles. The molecule has 0 fully saturated rings. The first kappa shape index (κ1) is 28.0. The fourth-order valence-electron chi connectivity index (χ4n) is 3.38. The van der Waals surface area contributed by atoms with Gasteiger partial charge in [-0.3, -0.25) is 13.9 Å². The van der Waals surface area contributed by atoms with Crippen molar-refractivity contribution in [3.63, 3.8) is 0 Å². The maximum Gasteiger partial charge on any atom is 0.244 e. The van der Waals surface area contributed by atoms with Crippen LogP contribution in [0.3, 0.4) is 0 Å². The number of sulfonamides is 1. The molecule has 1 unspecified atom stereocenters. The number of hydrogen-bond donors (Lipinski definition) is 1. The second-order valence-electron chi connectivity index (χ2n) is 8.44. The van der Waals surface area contributed by atoms with Crippen molar-refractivity contribution in [1.29, 1.82) is 0 Å². The Morgan fingerprint density at radius 2 is 1.68 bits per heavy atom. The lowest BCUT2D eigenvalue weighted by molar-refractivity contribution is -0.140. The molecular weight excluding hydrogens is 497 g/mol. The van der Waals surface area contributed by atoms with Crippen LogP contribution in [0.5, 0.6) is 0 Å². The molecule has 2 aromatic rings. The number of rotatable bonds is 11. The van der Waals surface area contributed by atoms with Gasteiger partial charge in [0.1, 0.15) is 12.6 Å². The summed E-state index contributed by atoms with van der Waals surface area (Å²) in [5.74, 6) is -0.568. The zero-order valence-corrected chi connectivity index (χ0v) is 22.1. The summed E-state index contributed by atoms with van der Waals surface area (Å²) in [6.45, 7) is 5.84.